The van der Waals surface area contributed by atoms with Crippen molar-refractivity contribution in [1.82, 2.24) is 10.0 Å². The van der Waals surface area contributed by atoms with Gasteiger partial charge in [0.15, 0.2) is 0 Å². The molecule has 2 aliphatic heterocycles. The van der Waals surface area contributed by atoms with Gasteiger partial charge in [-0.1, -0.05) is 18.2 Å². The van der Waals surface area contributed by atoms with Gasteiger partial charge in [-0.25, -0.2) is 26.4 Å². The third-order valence-electron chi connectivity index (χ3n) is 7.89. The van der Waals surface area contributed by atoms with Gasteiger partial charge in [0.1, 0.15) is 24.0 Å². The number of nitrogens with zero attached hydrogens (tertiary/aromatic N) is 1. The van der Waals surface area contributed by atoms with Crippen LogP contribution in [0.1, 0.15) is 60.9 Å². The molecular weight excluding hydrogens is 627 g/mol. The molecule has 0 aliphatic carbocycles. The standard InChI is InChI=1S/C30H37FN4O8S2/c1-17-18(2)26(19(3)22-12-13-30(4,5)43-25(17)22)45(40,41)35-28(32)33-14-8-10-23(27(31)36)34-29(37)42-16-21-15-20-9-6-7-11-24(20)44(21,38)39/h6-7,9,11,15,23H,8,10,12-14,16H2,1-5H3,(H,34,37)(H3,32,33,35)/t23-/m0/s1. The highest BCUT2D eigenvalue weighted by Crippen LogP contribution is 2.42. The Bertz CT molecular complexity index is 1820. The molecule has 0 saturated heterocycles. The minimum atomic E-state index is -4.12. The first kappa shape index (κ1) is 33.9. The van der Waals surface area contributed by atoms with E-state index in [1.165, 1.54) is 12.1 Å². The van der Waals surface area contributed by atoms with Crippen LogP contribution in [0.25, 0.3) is 6.08 Å². The zero-order valence-electron chi connectivity index (χ0n) is 25.7. The Kier molecular flexibility index (Phi) is 9.64. The average molecular weight is 665 g/mol. The molecule has 2 aromatic rings. The highest BCUT2D eigenvalue weighted by Gasteiger charge is 2.34. The van der Waals surface area contributed by atoms with Crippen LogP contribution in [0.3, 0.4) is 0 Å². The lowest BCUT2D eigenvalue weighted by Gasteiger charge is -2.35. The minimum Gasteiger partial charge on any atom is -0.487 e. The number of rotatable bonds is 10. The summed E-state index contributed by atoms with van der Waals surface area (Å²) in [5, 5.41) is 2.08. The second-order valence-electron chi connectivity index (χ2n) is 11.6. The van der Waals surface area contributed by atoms with Crippen LogP contribution < -0.4 is 20.5 Å². The van der Waals surface area contributed by atoms with Gasteiger partial charge >= 0.3 is 12.1 Å². The number of halogens is 1. The van der Waals surface area contributed by atoms with Crippen molar-refractivity contribution in [3.63, 3.8) is 0 Å². The van der Waals surface area contributed by atoms with E-state index in [-0.39, 0.29) is 39.7 Å². The Labute approximate surface area is 262 Å². The lowest BCUT2D eigenvalue weighted by atomic mass is 9.88. The van der Waals surface area contributed by atoms with Crippen molar-refractivity contribution >= 4 is 44.0 Å². The highest BCUT2D eigenvalue weighted by molar-refractivity contribution is 7.95. The van der Waals surface area contributed by atoms with Crippen molar-refractivity contribution in [2.24, 2.45) is 10.7 Å². The topological polar surface area (TPSA) is 183 Å². The third-order valence-corrected chi connectivity index (χ3v) is 11.4. The quantitative estimate of drug-likeness (QED) is 0.148. The summed E-state index contributed by atoms with van der Waals surface area (Å²) in [7, 11) is -7.95. The molecule has 0 saturated carbocycles. The van der Waals surface area contributed by atoms with E-state index in [9.17, 15) is 30.8 Å². The van der Waals surface area contributed by atoms with E-state index in [0.29, 0.717) is 28.9 Å². The number of carbonyl (C=O) groups excluding carboxylic acids is 2. The Morgan fingerprint density at radius 1 is 1.16 bits per heavy atom. The lowest BCUT2D eigenvalue weighted by Crippen LogP contribution is -2.40. The molecule has 0 spiro atoms. The monoisotopic (exact) mass is 664 g/mol. The summed E-state index contributed by atoms with van der Waals surface area (Å²) in [4.78, 5) is 27.7. The molecule has 0 unspecified atom stereocenters. The number of hydrogen-bond acceptors (Lipinski definition) is 9. The first-order valence-corrected chi connectivity index (χ1v) is 17.2. The molecule has 2 heterocycles. The number of ether oxygens (including phenoxy) is 2. The Balaban J connectivity index is 1.32. The van der Waals surface area contributed by atoms with E-state index in [1.807, 2.05) is 20.8 Å². The molecule has 1 amide bonds. The SMILES string of the molecule is Cc1c(C)c(S(=O)(=O)NC(N)=NCCC[C@H](NC(=O)OCC2=Cc3ccccc3S2(=O)=O)C(=O)F)c(C)c2c1OC(C)(C)CC2. The molecule has 244 valence electrons. The summed E-state index contributed by atoms with van der Waals surface area (Å²) in [5.41, 5.74) is 8.60. The molecule has 4 N–H and O–H groups in total. The number of aliphatic imine (C=N–C) groups is 1. The maximum atomic E-state index is 13.7. The predicted octanol–water partition coefficient (Wildman–Crippen LogP) is 3.51. The van der Waals surface area contributed by atoms with Crippen molar-refractivity contribution in [3.8, 4) is 5.75 Å². The van der Waals surface area contributed by atoms with Crippen molar-refractivity contribution in [3.05, 3.63) is 57.0 Å². The van der Waals surface area contributed by atoms with Crippen LogP contribution in [0.15, 0.2) is 44.0 Å². The van der Waals surface area contributed by atoms with E-state index in [2.05, 4.69) is 15.0 Å². The summed E-state index contributed by atoms with van der Waals surface area (Å²) < 4.78 is 78.9. The zero-order valence-corrected chi connectivity index (χ0v) is 27.3. The van der Waals surface area contributed by atoms with E-state index >= 15 is 0 Å². The van der Waals surface area contributed by atoms with E-state index in [0.717, 1.165) is 17.5 Å². The summed E-state index contributed by atoms with van der Waals surface area (Å²) in [6, 6.07) is 2.83. The van der Waals surface area contributed by atoms with Crippen LogP contribution >= 0.6 is 0 Å². The lowest BCUT2D eigenvalue weighted by molar-refractivity contribution is -0.131. The average Bonchev–Trinajstić information content (AvgIpc) is 3.20. The number of amides is 1. The first-order valence-electron chi connectivity index (χ1n) is 14.3. The number of hydrogen-bond donors (Lipinski definition) is 3. The van der Waals surface area contributed by atoms with Crippen LogP contribution in [-0.2, 0) is 35.8 Å². The summed E-state index contributed by atoms with van der Waals surface area (Å²) >= 11 is 0. The second-order valence-corrected chi connectivity index (χ2v) is 15.2. The maximum Gasteiger partial charge on any atom is 0.408 e. The van der Waals surface area contributed by atoms with Crippen LogP contribution in [0, 0.1) is 20.8 Å². The van der Waals surface area contributed by atoms with Gasteiger partial charge in [0.2, 0.25) is 15.8 Å². The summed E-state index contributed by atoms with van der Waals surface area (Å²) in [5.74, 6) is 0.298. The number of benzene rings is 2. The van der Waals surface area contributed by atoms with Gasteiger partial charge in [-0.05, 0) is 100 Å². The van der Waals surface area contributed by atoms with Crippen molar-refractivity contribution in [2.75, 3.05) is 13.2 Å². The van der Waals surface area contributed by atoms with E-state index < -0.39 is 50.6 Å². The zero-order chi connectivity index (χ0) is 33.3. The third kappa shape index (κ3) is 7.30. The maximum absolute atomic E-state index is 13.7. The van der Waals surface area contributed by atoms with Gasteiger partial charge in [-0.3, -0.25) is 9.79 Å². The number of alkyl carbamates (subject to hydrolysis) is 1. The van der Waals surface area contributed by atoms with Crippen LogP contribution in [0.5, 0.6) is 5.75 Å². The van der Waals surface area contributed by atoms with Crippen molar-refractivity contribution in [1.29, 1.82) is 0 Å². The van der Waals surface area contributed by atoms with Crippen LogP contribution in [0.2, 0.25) is 0 Å². The summed E-state index contributed by atoms with van der Waals surface area (Å²) in [6.45, 7) is 8.51. The van der Waals surface area contributed by atoms with Crippen molar-refractivity contribution < 1.29 is 40.3 Å². The largest absolute Gasteiger partial charge is 0.487 e. The molecule has 2 aromatic carbocycles. The Morgan fingerprint density at radius 3 is 2.51 bits per heavy atom. The number of guanidine groups is 1. The normalized spacial score (nSPS) is 17.3. The molecule has 2 aliphatic rings. The molecule has 45 heavy (non-hydrogen) atoms. The van der Waals surface area contributed by atoms with Gasteiger partial charge in [0.05, 0.1) is 14.7 Å². The number of nitrogens with one attached hydrogen (secondary N) is 2. The van der Waals surface area contributed by atoms with Crippen molar-refractivity contribution in [2.45, 2.75) is 81.7 Å². The number of carbonyl (C=O) groups is 2. The molecule has 12 nitrogen and oxygen atoms in total. The molecule has 0 radical (unpaired) electrons. The smallest absolute Gasteiger partial charge is 0.408 e. The molecule has 0 bridgehead atoms. The number of nitrogens with two attached hydrogens (primary N) is 1. The number of sulfone groups is 1. The fourth-order valence-corrected chi connectivity index (χ4v) is 8.38. The van der Waals surface area contributed by atoms with E-state index in [4.69, 9.17) is 15.2 Å². The van der Waals surface area contributed by atoms with Gasteiger partial charge in [-0.15, -0.1) is 0 Å². The second kappa shape index (κ2) is 12.8. The molecule has 0 aromatic heterocycles. The highest BCUT2D eigenvalue weighted by atomic mass is 32.2. The Hall–Kier alpha value is -3.98. The molecule has 1 atom stereocenters. The Morgan fingerprint density at radius 2 is 1.84 bits per heavy atom. The molecule has 4 rings (SSSR count). The fourth-order valence-electron chi connectivity index (χ4n) is 5.39. The molecule has 0 fully saturated rings. The van der Waals surface area contributed by atoms with E-state index in [1.54, 1.807) is 32.0 Å². The van der Waals surface area contributed by atoms with Crippen LogP contribution in [-0.4, -0.2) is 59.7 Å². The van der Waals surface area contributed by atoms with Gasteiger partial charge in [0.25, 0.3) is 10.0 Å². The first-order chi connectivity index (χ1) is 20.9. The number of sulfonamides is 1. The predicted molar refractivity (Wildman–Crippen MR) is 166 cm³/mol. The van der Waals surface area contributed by atoms with Gasteiger partial charge < -0.3 is 20.5 Å². The van der Waals surface area contributed by atoms with Gasteiger partial charge in [-0.2, -0.15) is 4.39 Å². The molecule has 15 heteroatoms. The minimum absolute atomic E-state index is 0.0427. The number of fused-ring (bicyclic) bond motifs is 2. The summed E-state index contributed by atoms with van der Waals surface area (Å²) in [6.07, 6.45) is 1.40. The molecular formula is C30H37FN4O8S2. The fraction of sp³-hybridized carbons (Fsp3) is 0.433. The van der Waals surface area contributed by atoms with Crippen LogP contribution in [0.4, 0.5) is 9.18 Å². The van der Waals surface area contributed by atoms with Gasteiger partial charge in [0, 0.05) is 6.54 Å².